The van der Waals surface area contributed by atoms with Crippen LogP contribution < -0.4 is 4.74 Å². The Labute approximate surface area is 244 Å². The van der Waals surface area contributed by atoms with Crippen LogP contribution in [0.5, 0.6) is 6.01 Å². The summed E-state index contributed by atoms with van der Waals surface area (Å²) in [6.45, 7) is 0.498. The molecular weight excluding hydrogens is 564 g/mol. The highest BCUT2D eigenvalue weighted by molar-refractivity contribution is 6.33. The van der Waals surface area contributed by atoms with E-state index < -0.39 is 18.3 Å². The van der Waals surface area contributed by atoms with Gasteiger partial charge in [-0.1, -0.05) is 35.9 Å². The average molecular weight is 589 g/mol. The highest BCUT2D eigenvalue weighted by atomic mass is 35.5. The Bertz CT molecular complexity index is 1790. The van der Waals surface area contributed by atoms with Crippen molar-refractivity contribution in [2.24, 2.45) is 0 Å². The van der Waals surface area contributed by atoms with E-state index in [0.717, 1.165) is 16.7 Å². The number of aliphatic hydroxyl groups excluding tert-OH is 1. The first-order valence-corrected chi connectivity index (χ1v) is 13.7. The molecule has 3 N–H and O–H groups in total. The van der Waals surface area contributed by atoms with Crippen molar-refractivity contribution in [2.45, 2.75) is 30.8 Å². The minimum Gasteiger partial charge on any atom is -0.469 e. The minimum atomic E-state index is -0.666. The summed E-state index contributed by atoms with van der Waals surface area (Å²) < 4.78 is 22.2. The van der Waals surface area contributed by atoms with E-state index in [2.05, 4.69) is 25.1 Å². The van der Waals surface area contributed by atoms with Crippen LogP contribution in [0.4, 0.5) is 0 Å². The Morgan fingerprint density at radius 3 is 2.81 bits per heavy atom. The Kier molecular flexibility index (Phi) is 6.82. The molecule has 1 aromatic carbocycles. The lowest BCUT2D eigenvalue weighted by Gasteiger charge is -2.15. The molecule has 0 radical (unpaired) electrons. The number of H-pyrrole nitrogens is 2. The number of methoxy groups -OCH3 is 1. The van der Waals surface area contributed by atoms with Gasteiger partial charge < -0.3 is 29.0 Å². The third-order valence-electron chi connectivity index (χ3n) is 7.44. The number of fused-ring (bicyclic) bond motifs is 2. The quantitative estimate of drug-likeness (QED) is 0.241. The molecule has 214 valence electrons. The second-order valence-electron chi connectivity index (χ2n) is 10.0. The molecule has 0 bridgehead atoms. The number of aromatic amines is 2. The minimum absolute atomic E-state index is 0.0731. The maximum absolute atomic E-state index is 11.9. The Balaban J connectivity index is 1.21. The van der Waals surface area contributed by atoms with Gasteiger partial charge in [-0.15, -0.1) is 0 Å². The van der Waals surface area contributed by atoms with Crippen LogP contribution in [-0.4, -0.2) is 85.9 Å². The van der Waals surface area contributed by atoms with E-state index >= 15 is 0 Å². The number of esters is 1. The smallest absolute Gasteiger partial charge is 0.310 e. The summed E-state index contributed by atoms with van der Waals surface area (Å²) in [5.41, 5.74) is 6.08. The molecule has 0 aliphatic carbocycles. The number of ether oxygens (including phenoxy) is 4. The molecule has 0 spiro atoms. The fourth-order valence-electron chi connectivity index (χ4n) is 5.40. The molecule has 4 aromatic heterocycles. The van der Waals surface area contributed by atoms with Gasteiger partial charge in [-0.05, 0) is 29.3 Å². The first-order chi connectivity index (χ1) is 20.5. The molecule has 2 fully saturated rings. The Morgan fingerprint density at radius 1 is 1.12 bits per heavy atom. The van der Waals surface area contributed by atoms with Crippen molar-refractivity contribution in [2.75, 3.05) is 20.3 Å². The molecule has 7 rings (SSSR count). The number of rotatable bonds is 7. The fourth-order valence-corrected chi connectivity index (χ4v) is 5.65. The second-order valence-corrected chi connectivity index (χ2v) is 10.5. The molecule has 42 heavy (non-hydrogen) atoms. The van der Waals surface area contributed by atoms with Crippen molar-refractivity contribution in [1.82, 2.24) is 30.1 Å². The van der Waals surface area contributed by atoms with Crippen LogP contribution in [0.3, 0.4) is 0 Å². The van der Waals surface area contributed by atoms with Gasteiger partial charge >= 0.3 is 5.97 Å². The zero-order chi connectivity index (χ0) is 28.8. The van der Waals surface area contributed by atoms with Crippen LogP contribution in [0.1, 0.15) is 5.56 Å². The number of imidazole rings is 1. The van der Waals surface area contributed by atoms with E-state index in [1.807, 2.05) is 36.4 Å². The van der Waals surface area contributed by atoms with Gasteiger partial charge in [0, 0.05) is 17.3 Å². The Hall–Kier alpha value is -4.36. The second kappa shape index (κ2) is 10.8. The van der Waals surface area contributed by atoms with Crippen molar-refractivity contribution in [1.29, 1.82) is 0 Å². The van der Waals surface area contributed by atoms with Gasteiger partial charge in [0.05, 0.1) is 60.6 Å². The van der Waals surface area contributed by atoms with E-state index in [9.17, 15) is 9.90 Å². The highest BCUT2D eigenvalue weighted by Crippen LogP contribution is 2.37. The molecule has 4 atom stereocenters. The summed E-state index contributed by atoms with van der Waals surface area (Å²) in [5, 5.41) is 17.5. The molecule has 0 saturated carbocycles. The summed E-state index contributed by atoms with van der Waals surface area (Å²) in [6.07, 6.45) is 1.52. The van der Waals surface area contributed by atoms with Gasteiger partial charge in [0.25, 0.3) is 6.01 Å². The van der Waals surface area contributed by atoms with E-state index in [4.69, 9.17) is 35.5 Å². The van der Waals surface area contributed by atoms with Crippen LogP contribution in [0.2, 0.25) is 5.02 Å². The number of carbonyl (C=O) groups excluding carboxylic acids is 1. The van der Waals surface area contributed by atoms with E-state index in [1.165, 1.54) is 7.11 Å². The third-order valence-corrected chi connectivity index (χ3v) is 7.73. The van der Waals surface area contributed by atoms with Crippen LogP contribution in [-0.2, 0) is 25.4 Å². The number of pyridine rings is 2. The summed E-state index contributed by atoms with van der Waals surface area (Å²) in [5.74, 6) is -0.367. The number of hydrogen-bond acceptors (Lipinski definition) is 10. The van der Waals surface area contributed by atoms with Crippen LogP contribution in [0, 0.1) is 0 Å². The summed E-state index contributed by atoms with van der Waals surface area (Å²) in [7, 11) is 1.35. The normalized spacial score (nSPS) is 21.5. The summed E-state index contributed by atoms with van der Waals surface area (Å²) in [6, 6.07) is 13.6. The van der Waals surface area contributed by atoms with Gasteiger partial charge in [0.15, 0.2) is 11.8 Å². The SMILES string of the molecule is COC(=O)Cc1cn[nH]c1-c1cc(-c2ccccc2-c2nc3nc(O[C@@H]4CO[C@H]5[C@@H]4OC[C@H]5O)[nH]c3cc2Cl)ccn1. The summed E-state index contributed by atoms with van der Waals surface area (Å²) >= 11 is 6.77. The van der Waals surface area contributed by atoms with E-state index in [-0.39, 0.29) is 37.7 Å². The van der Waals surface area contributed by atoms with Crippen molar-refractivity contribution >= 4 is 28.7 Å². The number of hydrogen-bond donors (Lipinski definition) is 3. The zero-order valence-corrected chi connectivity index (χ0v) is 23.0. The van der Waals surface area contributed by atoms with Crippen molar-refractivity contribution in [3.05, 3.63) is 65.4 Å². The maximum Gasteiger partial charge on any atom is 0.310 e. The molecule has 0 unspecified atom stereocenters. The Morgan fingerprint density at radius 2 is 1.95 bits per heavy atom. The predicted octanol–water partition coefficient (Wildman–Crippen LogP) is 3.35. The van der Waals surface area contributed by atoms with Gasteiger partial charge in [-0.2, -0.15) is 10.1 Å². The monoisotopic (exact) mass is 588 g/mol. The molecule has 12 nitrogen and oxygen atoms in total. The number of aromatic nitrogens is 6. The first kappa shape index (κ1) is 26.5. The molecule has 5 aromatic rings. The number of aliphatic hydroxyl groups is 1. The van der Waals surface area contributed by atoms with Crippen molar-refractivity contribution in [3.63, 3.8) is 0 Å². The van der Waals surface area contributed by atoms with Gasteiger partial charge in [0.2, 0.25) is 0 Å². The first-order valence-electron chi connectivity index (χ1n) is 13.3. The number of halogens is 1. The van der Waals surface area contributed by atoms with Crippen molar-refractivity contribution in [3.8, 4) is 39.8 Å². The molecule has 2 aliphatic rings. The number of benzene rings is 1. The zero-order valence-electron chi connectivity index (χ0n) is 22.3. The average Bonchev–Trinajstić information content (AvgIpc) is 3.79. The number of nitrogens with zero attached hydrogens (tertiary/aromatic N) is 4. The summed E-state index contributed by atoms with van der Waals surface area (Å²) in [4.78, 5) is 28.8. The van der Waals surface area contributed by atoms with E-state index in [0.29, 0.717) is 38.8 Å². The molecular formula is C29H25ClN6O6. The van der Waals surface area contributed by atoms with Gasteiger partial charge in [-0.3, -0.25) is 14.9 Å². The molecule has 2 aliphatic heterocycles. The highest BCUT2D eigenvalue weighted by Gasteiger charge is 2.48. The van der Waals surface area contributed by atoms with Crippen molar-refractivity contribution < 1.29 is 28.8 Å². The molecule has 13 heteroatoms. The van der Waals surface area contributed by atoms with Gasteiger partial charge in [-0.25, -0.2) is 4.98 Å². The third kappa shape index (κ3) is 4.77. The van der Waals surface area contributed by atoms with E-state index in [1.54, 1.807) is 18.5 Å². The maximum atomic E-state index is 11.9. The van der Waals surface area contributed by atoms with Gasteiger partial charge in [0.1, 0.15) is 18.3 Å². The molecule has 6 heterocycles. The fraction of sp³-hybridized carbons (Fsp3) is 0.276. The number of nitrogens with one attached hydrogen (secondary N) is 2. The molecule has 0 amide bonds. The predicted molar refractivity (Wildman–Crippen MR) is 151 cm³/mol. The van der Waals surface area contributed by atoms with Crippen LogP contribution >= 0.6 is 11.6 Å². The molecule has 2 saturated heterocycles. The lowest BCUT2D eigenvalue weighted by molar-refractivity contribution is -0.139. The standard InChI is InChI=1S/C29H25ClN6O6/c1-39-23(38)9-15-11-32-36-24(15)19-8-14(6-7-31-19)16-4-2-3-5-17(16)25-18(30)10-20-28(34-25)35-29(33-20)42-22-13-41-26-21(37)12-40-27(22)26/h2-8,10-11,21-22,26-27,37H,9,12-13H2,1H3,(H,32,36)(H,33,34,35)/t21-,22-,26-,27-/m1/s1. The lowest BCUT2D eigenvalue weighted by atomic mass is 9.96. The van der Waals surface area contributed by atoms with Crippen LogP contribution in [0.15, 0.2) is 54.9 Å². The lowest BCUT2D eigenvalue weighted by Crippen LogP contribution is -2.34. The largest absolute Gasteiger partial charge is 0.469 e. The number of carbonyl (C=O) groups is 1. The topological polar surface area (TPSA) is 157 Å². The van der Waals surface area contributed by atoms with Crippen LogP contribution in [0.25, 0.3) is 44.9 Å².